The van der Waals surface area contributed by atoms with E-state index in [-0.39, 0.29) is 30.4 Å². The van der Waals surface area contributed by atoms with Gasteiger partial charge in [-0.2, -0.15) is 0 Å². The fourth-order valence-electron chi connectivity index (χ4n) is 3.12. The van der Waals surface area contributed by atoms with Crippen LogP contribution < -0.4 is 5.32 Å². The molecule has 1 aromatic carbocycles. The van der Waals surface area contributed by atoms with Crippen molar-refractivity contribution in [1.82, 2.24) is 10.2 Å². The summed E-state index contributed by atoms with van der Waals surface area (Å²) in [6, 6.07) is 10.6. The molecule has 6 heteroatoms. The molecule has 2 aliphatic rings. The van der Waals surface area contributed by atoms with Crippen LogP contribution in [-0.2, 0) is 20.7 Å². The molecule has 0 saturated carbocycles. The zero-order valence-corrected chi connectivity index (χ0v) is 14.1. The van der Waals surface area contributed by atoms with Crippen LogP contribution in [0.15, 0.2) is 30.3 Å². The largest absolute Gasteiger partial charge is 0.378 e. The highest BCUT2D eigenvalue weighted by molar-refractivity contribution is 5.85. The summed E-state index contributed by atoms with van der Waals surface area (Å²) < 4.78 is 11.0. The van der Waals surface area contributed by atoms with E-state index in [4.69, 9.17) is 9.47 Å². The van der Waals surface area contributed by atoms with Crippen molar-refractivity contribution < 1.29 is 14.3 Å². The minimum Gasteiger partial charge on any atom is -0.378 e. The summed E-state index contributed by atoms with van der Waals surface area (Å²) in [5, 5.41) is 3.35. The molecule has 2 atom stereocenters. The fraction of sp³-hybridized carbons (Fsp3) is 0.588. The van der Waals surface area contributed by atoms with Crippen LogP contribution in [0, 0.1) is 0 Å². The van der Waals surface area contributed by atoms with Crippen LogP contribution in [0.25, 0.3) is 0 Å². The van der Waals surface area contributed by atoms with Gasteiger partial charge in [0.25, 0.3) is 0 Å². The second kappa shape index (κ2) is 9.23. The highest BCUT2D eigenvalue weighted by Crippen LogP contribution is 2.15. The molecule has 1 N–H and O–H groups in total. The molecule has 23 heavy (non-hydrogen) atoms. The van der Waals surface area contributed by atoms with Crippen LogP contribution in [0.5, 0.6) is 0 Å². The van der Waals surface area contributed by atoms with E-state index in [1.165, 1.54) is 5.56 Å². The maximum Gasteiger partial charge on any atom is 0.224 e. The van der Waals surface area contributed by atoms with Gasteiger partial charge in [-0.15, -0.1) is 12.4 Å². The van der Waals surface area contributed by atoms with Crippen LogP contribution in [0.4, 0.5) is 0 Å². The summed E-state index contributed by atoms with van der Waals surface area (Å²) in [4.78, 5) is 14.6. The second-order valence-corrected chi connectivity index (χ2v) is 5.94. The SMILES string of the molecule is Cl.O=C(CC1COCCN1)N1CCOCC1Cc1ccccc1. The number of carbonyl (C=O) groups excluding carboxylic acids is 1. The van der Waals surface area contributed by atoms with E-state index < -0.39 is 0 Å². The van der Waals surface area contributed by atoms with Crippen molar-refractivity contribution >= 4 is 18.3 Å². The number of benzene rings is 1. The van der Waals surface area contributed by atoms with E-state index in [0.717, 1.165) is 19.6 Å². The molecular weight excluding hydrogens is 316 g/mol. The molecule has 2 heterocycles. The van der Waals surface area contributed by atoms with Crippen molar-refractivity contribution in [2.45, 2.75) is 24.9 Å². The predicted molar refractivity (Wildman–Crippen MR) is 90.9 cm³/mol. The smallest absolute Gasteiger partial charge is 0.224 e. The Morgan fingerprint density at radius 1 is 1.17 bits per heavy atom. The first kappa shape index (κ1) is 18.2. The van der Waals surface area contributed by atoms with Gasteiger partial charge in [0.05, 0.1) is 32.5 Å². The Kier molecular flexibility index (Phi) is 7.30. The third kappa shape index (κ3) is 5.18. The Hall–Kier alpha value is -1.14. The number of morpholine rings is 2. The van der Waals surface area contributed by atoms with E-state index in [2.05, 4.69) is 17.4 Å². The molecule has 0 aromatic heterocycles. The number of hydrogen-bond acceptors (Lipinski definition) is 4. The van der Waals surface area contributed by atoms with E-state index in [1.54, 1.807) is 0 Å². The molecule has 128 valence electrons. The van der Waals surface area contributed by atoms with Crippen molar-refractivity contribution in [3.8, 4) is 0 Å². The molecular formula is C17H25ClN2O3. The number of rotatable bonds is 4. The highest BCUT2D eigenvalue weighted by Gasteiger charge is 2.29. The third-order valence-electron chi connectivity index (χ3n) is 4.28. The van der Waals surface area contributed by atoms with Crippen LogP contribution in [0.3, 0.4) is 0 Å². The monoisotopic (exact) mass is 340 g/mol. The molecule has 0 spiro atoms. The Balaban J connectivity index is 0.00000192. The van der Waals surface area contributed by atoms with Crippen LogP contribution in [0.1, 0.15) is 12.0 Å². The first-order valence-corrected chi connectivity index (χ1v) is 8.05. The molecule has 2 saturated heterocycles. The lowest BCUT2D eigenvalue weighted by molar-refractivity contribution is -0.141. The summed E-state index contributed by atoms with van der Waals surface area (Å²) >= 11 is 0. The summed E-state index contributed by atoms with van der Waals surface area (Å²) in [6.45, 7) is 4.12. The molecule has 1 amide bonds. The standard InChI is InChI=1S/C17H24N2O3.ClH/c20-17(11-15-12-21-8-6-18-15)19-7-9-22-13-16(19)10-14-4-2-1-3-5-14;/h1-5,15-16,18H,6-13H2;1H. The quantitative estimate of drug-likeness (QED) is 0.896. The topological polar surface area (TPSA) is 50.8 Å². The highest BCUT2D eigenvalue weighted by atomic mass is 35.5. The number of halogens is 1. The maximum atomic E-state index is 12.6. The summed E-state index contributed by atoms with van der Waals surface area (Å²) in [5.74, 6) is 0.201. The summed E-state index contributed by atoms with van der Waals surface area (Å²) in [6.07, 6.45) is 1.35. The second-order valence-electron chi connectivity index (χ2n) is 5.94. The Morgan fingerprint density at radius 3 is 2.70 bits per heavy atom. The van der Waals surface area contributed by atoms with Crippen molar-refractivity contribution in [1.29, 1.82) is 0 Å². The van der Waals surface area contributed by atoms with Crippen molar-refractivity contribution in [3.05, 3.63) is 35.9 Å². The van der Waals surface area contributed by atoms with Gasteiger partial charge in [0.2, 0.25) is 5.91 Å². The fourth-order valence-corrected chi connectivity index (χ4v) is 3.12. The summed E-state index contributed by atoms with van der Waals surface area (Å²) in [7, 11) is 0. The van der Waals surface area contributed by atoms with Crippen molar-refractivity contribution in [2.24, 2.45) is 0 Å². The Morgan fingerprint density at radius 2 is 1.96 bits per heavy atom. The normalized spacial score (nSPS) is 24.8. The van der Waals surface area contributed by atoms with Crippen LogP contribution in [-0.4, -0.2) is 62.4 Å². The number of ether oxygens (including phenoxy) is 2. The van der Waals surface area contributed by atoms with Gasteiger partial charge in [-0.3, -0.25) is 4.79 Å². The number of nitrogens with one attached hydrogen (secondary N) is 1. The third-order valence-corrected chi connectivity index (χ3v) is 4.28. The number of hydrogen-bond donors (Lipinski definition) is 1. The van der Waals surface area contributed by atoms with Crippen LogP contribution in [0.2, 0.25) is 0 Å². The van der Waals surface area contributed by atoms with Gasteiger partial charge in [0, 0.05) is 25.6 Å². The molecule has 1 aromatic rings. The molecule has 2 fully saturated rings. The molecule has 0 aliphatic carbocycles. The average Bonchev–Trinajstić information content (AvgIpc) is 2.57. The maximum absolute atomic E-state index is 12.6. The van der Waals surface area contributed by atoms with Crippen LogP contribution >= 0.6 is 12.4 Å². The zero-order chi connectivity index (χ0) is 15.2. The molecule has 0 radical (unpaired) electrons. The molecule has 5 nitrogen and oxygen atoms in total. The van der Waals surface area contributed by atoms with Gasteiger partial charge in [-0.1, -0.05) is 30.3 Å². The van der Waals surface area contributed by atoms with E-state index >= 15 is 0 Å². The van der Waals surface area contributed by atoms with Crippen molar-refractivity contribution in [2.75, 3.05) is 39.5 Å². The average molecular weight is 341 g/mol. The van der Waals surface area contributed by atoms with Gasteiger partial charge in [0.1, 0.15) is 0 Å². The van der Waals surface area contributed by atoms with Gasteiger partial charge >= 0.3 is 0 Å². The van der Waals surface area contributed by atoms with Gasteiger partial charge in [-0.25, -0.2) is 0 Å². The Bertz CT molecular complexity index is 480. The van der Waals surface area contributed by atoms with Crippen molar-refractivity contribution in [3.63, 3.8) is 0 Å². The zero-order valence-electron chi connectivity index (χ0n) is 13.3. The van der Waals surface area contributed by atoms with E-state index in [9.17, 15) is 4.79 Å². The molecule has 2 aliphatic heterocycles. The molecule has 3 rings (SSSR count). The minimum atomic E-state index is 0. The Labute approximate surface area is 143 Å². The molecule has 2 unspecified atom stereocenters. The first-order chi connectivity index (χ1) is 10.8. The minimum absolute atomic E-state index is 0. The summed E-state index contributed by atoms with van der Waals surface area (Å²) in [5.41, 5.74) is 1.25. The number of nitrogens with zero attached hydrogens (tertiary/aromatic N) is 1. The van der Waals surface area contributed by atoms with Gasteiger partial charge in [0.15, 0.2) is 0 Å². The lowest BCUT2D eigenvalue weighted by Crippen LogP contribution is -2.52. The first-order valence-electron chi connectivity index (χ1n) is 8.05. The number of amides is 1. The lowest BCUT2D eigenvalue weighted by atomic mass is 10.0. The lowest BCUT2D eigenvalue weighted by Gasteiger charge is -2.37. The number of carbonyl (C=O) groups is 1. The van der Waals surface area contributed by atoms with E-state index in [0.29, 0.717) is 32.8 Å². The molecule has 0 bridgehead atoms. The van der Waals surface area contributed by atoms with Gasteiger partial charge in [-0.05, 0) is 12.0 Å². The van der Waals surface area contributed by atoms with Gasteiger partial charge < -0.3 is 19.7 Å². The van der Waals surface area contributed by atoms with E-state index in [1.807, 2.05) is 23.1 Å². The predicted octanol–water partition coefficient (Wildman–Crippen LogP) is 1.26.